The molecule has 128 valence electrons. The normalized spacial score (nSPS) is 10.6. The number of aromatic nitrogens is 2. The average molecular weight is 378 g/mol. The van der Waals surface area contributed by atoms with Crippen molar-refractivity contribution in [3.8, 4) is 11.3 Å². The fourth-order valence-corrected chi connectivity index (χ4v) is 3.14. The number of rotatable bonds is 5. The van der Waals surface area contributed by atoms with E-state index in [1.807, 2.05) is 0 Å². The number of nitrogens with zero attached hydrogens (tertiary/aromatic N) is 2. The van der Waals surface area contributed by atoms with Crippen molar-refractivity contribution >= 4 is 28.8 Å². The Morgan fingerprint density at radius 3 is 2.60 bits per heavy atom. The first-order valence-corrected chi connectivity index (χ1v) is 8.60. The van der Waals surface area contributed by atoms with E-state index < -0.39 is 0 Å². The van der Waals surface area contributed by atoms with E-state index >= 15 is 0 Å². The van der Waals surface area contributed by atoms with Crippen LogP contribution in [0.1, 0.15) is 9.67 Å². The molecule has 2 heterocycles. The van der Waals surface area contributed by atoms with Gasteiger partial charge in [0.25, 0.3) is 11.5 Å². The van der Waals surface area contributed by atoms with Crippen LogP contribution in [-0.2, 0) is 6.54 Å². The Bertz CT molecular complexity index is 953. The number of amides is 1. The van der Waals surface area contributed by atoms with Crippen LogP contribution in [-0.4, -0.2) is 22.2 Å². The maximum atomic E-state index is 13.0. The Labute approximate surface area is 151 Å². The van der Waals surface area contributed by atoms with E-state index in [9.17, 15) is 14.0 Å². The minimum atomic E-state index is -0.339. The van der Waals surface area contributed by atoms with Crippen molar-refractivity contribution in [2.45, 2.75) is 6.54 Å². The summed E-state index contributed by atoms with van der Waals surface area (Å²) in [6.07, 6.45) is 0. The fraction of sp³-hybridized carbons (Fsp3) is 0.118. The fourth-order valence-electron chi connectivity index (χ4n) is 2.18. The Balaban J connectivity index is 1.68. The first-order chi connectivity index (χ1) is 12.0. The van der Waals surface area contributed by atoms with Gasteiger partial charge in [-0.05, 0) is 42.5 Å². The molecule has 0 saturated carbocycles. The highest BCUT2D eigenvalue weighted by Gasteiger charge is 2.09. The number of hydrogen-bond donors (Lipinski definition) is 1. The molecule has 25 heavy (non-hydrogen) atoms. The summed E-state index contributed by atoms with van der Waals surface area (Å²) in [6.45, 7) is 0.465. The van der Waals surface area contributed by atoms with Gasteiger partial charge >= 0.3 is 0 Å². The molecule has 0 aliphatic rings. The predicted octanol–water partition coefficient (Wildman–Crippen LogP) is 3.19. The third kappa shape index (κ3) is 4.32. The summed E-state index contributed by atoms with van der Waals surface area (Å²) < 4.78 is 14.8. The molecule has 0 spiro atoms. The number of halogens is 2. The van der Waals surface area contributed by atoms with Gasteiger partial charge in [0.2, 0.25) is 0 Å². The third-order valence-corrected chi connectivity index (χ3v) is 4.64. The summed E-state index contributed by atoms with van der Waals surface area (Å²) in [5.41, 5.74) is 0.975. The van der Waals surface area contributed by atoms with Crippen LogP contribution in [0.4, 0.5) is 4.39 Å². The quantitative estimate of drug-likeness (QED) is 0.742. The van der Waals surface area contributed by atoms with Gasteiger partial charge in [-0.2, -0.15) is 5.10 Å². The first kappa shape index (κ1) is 17.3. The van der Waals surface area contributed by atoms with Crippen LogP contribution in [0.5, 0.6) is 0 Å². The van der Waals surface area contributed by atoms with Crippen molar-refractivity contribution < 1.29 is 9.18 Å². The van der Waals surface area contributed by atoms with Gasteiger partial charge in [0.1, 0.15) is 5.82 Å². The largest absolute Gasteiger partial charge is 0.349 e. The van der Waals surface area contributed by atoms with Gasteiger partial charge < -0.3 is 5.32 Å². The molecule has 0 atom stereocenters. The first-order valence-electron chi connectivity index (χ1n) is 7.40. The summed E-state index contributed by atoms with van der Waals surface area (Å²) in [5.74, 6) is -0.590. The van der Waals surface area contributed by atoms with Crippen LogP contribution in [0.25, 0.3) is 11.3 Å². The lowest BCUT2D eigenvalue weighted by molar-refractivity contribution is 0.0956. The molecule has 5 nitrogen and oxygen atoms in total. The van der Waals surface area contributed by atoms with E-state index in [1.165, 1.54) is 34.2 Å². The van der Waals surface area contributed by atoms with E-state index in [4.69, 9.17) is 11.6 Å². The van der Waals surface area contributed by atoms with Crippen LogP contribution < -0.4 is 10.9 Å². The molecule has 3 rings (SSSR count). The molecular weight excluding hydrogens is 365 g/mol. The van der Waals surface area contributed by atoms with E-state index in [-0.39, 0.29) is 30.4 Å². The highest BCUT2D eigenvalue weighted by molar-refractivity contribution is 7.17. The molecule has 2 aromatic heterocycles. The number of carbonyl (C=O) groups excluding carboxylic acids is 1. The van der Waals surface area contributed by atoms with Gasteiger partial charge in [-0.3, -0.25) is 9.59 Å². The van der Waals surface area contributed by atoms with Crippen LogP contribution in [0, 0.1) is 5.82 Å². The molecule has 0 aliphatic heterocycles. The van der Waals surface area contributed by atoms with Crippen LogP contribution in [0.15, 0.2) is 53.3 Å². The number of benzene rings is 1. The summed E-state index contributed by atoms with van der Waals surface area (Å²) in [7, 11) is 0. The standard InChI is InChI=1S/C17H13ClFN3O2S/c18-15-7-6-14(25-15)17(24)20-9-10-22-16(23)8-5-13(21-22)11-1-3-12(19)4-2-11/h1-8H,9-10H2,(H,20,24). The lowest BCUT2D eigenvalue weighted by Crippen LogP contribution is -2.31. The van der Waals surface area contributed by atoms with Crippen molar-refractivity contribution in [1.29, 1.82) is 0 Å². The third-order valence-electron chi connectivity index (χ3n) is 3.41. The van der Waals surface area contributed by atoms with Crippen molar-refractivity contribution in [2.75, 3.05) is 6.54 Å². The van der Waals surface area contributed by atoms with Gasteiger partial charge in [-0.1, -0.05) is 11.6 Å². The zero-order chi connectivity index (χ0) is 17.8. The van der Waals surface area contributed by atoms with Gasteiger partial charge in [0, 0.05) is 18.2 Å². The SMILES string of the molecule is O=C(NCCn1nc(-c2ccc(F)cc2)ccc1=O)c1ccc(Cl)s1. The molecule has 0 fully saturated rings. The molecule has 8 heteroatoms. The topological polar surface area (TPSA) is 64.0 Å². The highest BCUT2D eigenvalue weighted by atomic mass is 35.5. The lowest BCUT2D eigenvalue weighted by atomic mass is 10.1. The van der Waals surface area contributed by atoms with Crippen LogP contribution >= 0.6 is 22.9 Å². The molecule has 1 N–H and O–H groups in total. The predicted molar refractivity (Wildman–Crippen MR) is 95.6 cm³/mol. The van der Waals surface area contributed by atoms with E-state index in [0.717, 1.165) is 0 Å². The summed E-state index contributed by atoms with van der Waals surface area (Å²) >= 11 is 6.98. The Kier molecular flexibility index (Phi) is 5.25. The maximum Gasteiger partial charge on any atom is 0.266 e. The number of hydrogen-bond acceptors (Lipinski definition) is 4. The van der Waals surface area contributed by atoms with Gasteiger partial charge in [0.05, 0.1) is 21.5 Å². The molecule has 0 saturated heterocycles. The van der Waals surface area contributed by atoms with Crippen molar-refractivity contribution in [1.82, 2.24) is 15.1 Å². The molecule has 0 bridgehead atoms. The monoisotopic (exact) mass is 377 g/mol. The second-order valence-electron chi connectivity index (χ2n) is 5.15. The van der Waals surface area contributed by atoms with Crippen LogP contribution in [0.3, 0.4) is 0 Å². The van der Waals surface area contributed by atoms with Gasteiger partial charge in [-0.15, -0.1) is 11.3 Å². The molecule has 0 aliphatic carbocycles. The Morgan fingerprint density at radius 2 is 1.92 bits per heavy atom. The maximum absolute atomic E-state index is 13.0. The number of carbonyl (C=O) groups is 1. The lowest BCUT2D eigenvalue weighted by Gasteiger charge is -2.08. The summed E-state index contributed by atoms with van der Waals surface area (Å²) in [5, 5.41) is 6.98. The Morgan fingerprint density at radius 1 is 1.16 bits per heavy atom. The summed E-state index contributed by atoms with van der Waals surface area (Å²) in [6, 6.07) is 12.1. The Hall–Kier alpha value is -2.51. The average Bonchev–Trinajstić information content (AvgIpc) is 3.04. The van der Waals surface area contributed by atoms with Crippen molar-refractivity contribution in [3.05, 3.63) is 73.9 Å². The molecule has 3 aromatic rings. The minimum absolute atomic E-state index is 0.221. The zero-order valence-corrected chi connectivity index (χ0v) is 14.5. The molecule has 0 unspecified atom stereocenters. The number of thiophene rings is 1. The van der Waals surface area contributed by atoms with Gasteiger partial charge in [-0.25, -0.2) is 9.07 Å². The minimum Gasteiger partial charge on any atom is -0.349 e. The summed E-state index contributed by atoms with van der Waals surface area (Å²) in [4.78, 5) is 24.4. The second-order valence-corrected chi connectivity index (χ2v) is 6.86. The smallest absolute Gasteiger partial charge is 0.266 e. The van der Waals surface area contributed by atoms with Crippen LogP contribution in [0.2, 0.25) is 4.34 Å². The molecule has 1 amide bonds. The highest BCUT2D eigenvalue weighted by Crippen LogP contribution is 2.21. The zero-order valence-electron chi connectivity index (χ0n) is 12.9. The number of nitrogens with one attached hydrogen (secondary N) is 1. The van der Waals surface area contributed by atoms with E-state index in [0.29, 0.717) is 20.5 Å². The van der Waals surface area contributed by atoms with E-state index in [2.05, 4.69) is 10.4 Å². The molecule has 0 radical (unpaired) electrons. The van der Waals surface area contributed by atoms with Crippen molar-refractivity contribution in [3.63, 3.8) is 0 Å². The van der Waals surface area contributed by atoms with Crippen molar-refractivity contribution in [2.24, 2.45) is 0 Å². The molecule has 1 aromatic carbocycles. The second kappa shape index (κ2) is 7.58. The molecular formula is C17H13ClFN3O2S. The van der Waals surface area contributed by atoms with E-state index in [1.54, 1.807) is 30.3 Å². The van der Waals surface area contributed by atoms with Gasteiger partial charge in [0.15, 0.2) is 0 Å².